The van der Waals surface area contributed by atoms with Gasteiger partial charge in [-0.05, 0) is 25.8 Å². The van der Waals surface area contributed by atoms with E-state index in [4.69, 9.17) is 0 Å². The van der Waals surface area contributed by atoms with E-state index < -0.39 is 5.67 Å². The summed E-state index contributed by atoms with van der Waals surface area (Å²) >= 11 is 0. The molecule has 0 nitrogen and oxygen atoms in total. The van der Waals surface area contributed by atoms with Gasteiger partial charge < -0.3 is 0 Å². The molecule has 0 aliphatic rings. The molecule has 0 amide bonds. The van der Waals surface area contributed by atoms with Crippen molar-refractivity contribution in [1.82, 2.24) is 0 Å². The van der Waals surface area contributed by atoms with Crippen LogP contribution >= 0.6 is 0 Å². The summed E-state index contributed by atoms with van der Waals surface area (Å²) in [6.07, 6.45) is 0.378. The van der Waals surface area contributed by atoms with Crippen LogP contribution in [-0.2, 0) is 0 Å². The van der Waals surface area contributed by atoms with E-state index in [2.05, 4.69) is 18.4 Å². The van der Waals surface area contributed by atoms with Gasteiger partial charge in [0, 0.05) is 0 Å². The first-order valence-electron chi connectivity index (χ1n) is 3.35. The lowest BCUT2D eigenvalue weighted by molar-refractivity contribution is 0.285. The molecule has 0 bridgehead atoms. The van der Waals surface area contributed by atoms with Gasteiger partial charge in [-0.1, -0.05) is 19.4 Å². The maximum absolute atomic E-state index is 13.4. The molecule has 0 aliphatic carbocycles. The Morgan fingerprint density at radius 1 is 1.70 bits per heavy atom. The van der Waals surface area contributed by atoms with Crippen LogP contribution in [0.15, 0.2) is 12.2 Å². The van der Waals surface area contributed by atoms with Crippen LogP contribution in [0.25, 0.3) is 0 Å². The summed E-state index contributed by atoms with van der Waals surface area (Å²) in [6, 6.07) is 0. The van der Waals surface area contributed by atoms with Gasteiger partial charge >= 0.3 is 0 Å². The first kappa shape index (κ1) is 9.23. The van der Waals surface area contributed by atoms with Crippen molar-refractivity contribution in [2.75, 3.05) is 0 Å². The molecule has 0 heterocycles. The lowest BCUT2D eigenvalue weighted by Gasteiger charge is -2.16. The molecule has 10 heavy (non-hydrogen) atoms. The van der Waals surface area contributed by atoms with E-state index in [1.165, 1.54) is 0 Å². The topological polar surface area (TPSA) is 0 Å². The van der Waals surface area contributed by atoms with Gasteiger partial charge in [0.05, 0.1) is 0 Å². The van der Waals surface area contributed by atoms with Gasteiger partial charge in [0.1, 0.15) is 0 Å². The Labute approximate surface area is 62.1 Å². The largest absolute Gasteiger partial charge is 0.225 e. The molecule has 0 aromatic rings. The standard InChI is InChI=1S/C9H13F/c1-5-7-9(10,6-2)8(3)4/h3,6H2,1-2,4H3. The van der Waals surface area contributed by atoms with Crippen molar-refractivity contribution in [2.24, 2.45) is 0 Å². The first-order chi connectivity index (χ1) is 4.56. The van der Waals surface area contributed by atoms with Crippen molar-refractivity contribution in [3.63, 3.8) is 0 Å². The summed E-state index contributed by atoms with van der Waals surface area (Å²) in [6.45, 7) is 8.59. The van der Waals surface area contributed by atoms with Gasteiger partial charge in [-0.3, -0.25) is 0 Å². The molecule has 0 aliphatic heterocycles. The van der Waals surface area contributed by atoms with E-state index in [1.807, 2.05) is 0 Å². The third-order valence-corrected chi connectivity index (χ3v) is 1.49. The minimum absolute atomic E-state index is 0.378. The highest BCUT2D eigenvalue weighted by molar-refractivity contribution is 5.26. The zero-order chi connectivity index (χ0) is 8.20. The highest BCUT2D eigenvalue weighted by Crippen LogP contribution is 2.22. The van der Waals surface area contributed by atoms with Gasteiger partial charge in [-0.15, -0.1) is 5.92 Å². The van der Waals surface area contributed by atoms with E-state index in [0.717, 1.165) is 0 Å². The predicted octanol–water partition coefficient (Wildman–Crippen LogP) is 2.70. The average Bonchev–Trinajstić information content (AvgIpc) is 1.88. The molecule has 0 aromatic heterocycles. The summed E-state index contributed by atoms with van der Waals surface area (Å²) in [5, 5.41) is 0. The summed E-state index contributed by atoms with van der Waals surface area (Å²) < 4.78 is 13.4. The Kier molecular flexibility index (Phi) is 3.15. The third-order valence-electron chi connectivity index (χ3n) is 1.49. The molecule has 0 saturated heterocycles. The number of allylic oxidation sites excluding steroid dienone is 1. The Morgan fingerprint density at radius 3 is 2.30 bits per heavy atom. The van der Waals surface area contributed by atoms with E-state index in [0.29, 0.717) is 12.0 Å². The SMILES string of the molecule is C=C(C)C(F)(C#CC)CC. The van der Waals surface area contributed by atoms with Crippen molar-refractivity contribution < 1.29 is 4.39 Å². The summed E-state index contributed by atoms with van der Waals surface area (Å²) in [5.74, 6) is 5.05. The molecule has 56 valence electrons. The minimum atomic E-state index is -1.46. The van der Waals surface area contributed by atoms with Gasteiger partial charge in [0.15, 0.2) is 5.67 Å². The van der Waals surface area contributed by atoms with E-state index >= 15 is 0 Å². The molecule has 1 atom stereocenters. The van der Waals surface area contributed by atoms with Gasteiger partial charge in [-0.25, -0.2) is 4.39 Å². The normalized spacial score (nSPS) is 14.8. The highest BCUT2D eigenvalue weighted by atomic mass is 19.1. The Hall–Kier alpha value is -0.770. The smallest absolute Gasteiger partial charge is 0.191 e. The zero-order valence-corrected chi connectivity index (χ0v) is 6.79. The lowest BCUT2D eigenvalue weighted by atomic mass is 9.96. The van der Waals surface area contributed by atoms with Gasteiger partial charge in [0.2, 0.25) is 0 Å². The zero-order valence-electron chi connectivity index (χ0n) is 6.79. The molecule has 1 heteroatoms. The maximum atomic E-state index is 13.4. The molecule has 0 spiro atoms. The Bertz CT molecular complexity index is 183. The van der Waals surface area contributed by atoms with Crippen molar-refractivity contribution in [2.45, 2.75) is 32.9 Å². The molecular formula is C9H13F. The second kappa shape index (κ2) is 3.41. The lowest BCUT2D eigenvalue weighted by Crippen LogP contribution is -2.19. The van der Waals surface area contributed by atoms with Crippen LogP contribution in [0.3, 0.4) is 0 Å². The summed E-state index contributed by atoms with van der Waals surface area (Å²) in [5.41, 5.74) is -0.973. The molecule has 0 rings (SSSR count). The van der Waals surface area contributed by atoms with Crippen LogP contribution in [0.1, 0.15) is 27.2 Å². The number of alkyl halides is 1. The third kappa shape index (κ3) is 1.88. The van der Waals surface area contributed by atoms with E-state index in [9.17, 15) is 4.39 Å². The summed E-state index contributed by atoms with van der Waals surface area (Å²) in [4.78, 5) is 0. The van der Waals surface area contributed by atoms with E-state index in [-0.39, 0.29) is 0 Å². The second-order valence-electron chi connectivity index (χ2n) is 2.31. The van der Waals surface area contributed by atoms with Crippen molar-refractivity contribution in [3.8, 4) is 11.8 Å². The number of hydrogen-bond acceptors (Lipinski definition) is 0. The quantitative estimate of drug-likeness (QED) is 0.408. The average molecular weight is 140 g/mol. The van der Waals surface area contributed by atoms with Crippen LogP contribution in [0.2, 0.25) is 0 Å². The van der Waals surface area contributed by atoms with Crippen LogP contribution < -0.4 is 0 Å². The Morgan fingerprint density at radius 2 is 2.20 bits per heavy atom. The molecule has 1 unspecified atom stereocenters. The van der Waals surface area contributed by atoms with Crippen molar-refractivity contribution in [1.29, 1.82) is 0 Å². The fourth-order valence-corrected chi connectivity index (χ4v) is 0.695. The molecule has 0 fully saturated rings. The second-order valence-corrected chi connectivity index (χ2v) is 2.31. The summed E-state index contributed by atoms with van der Waals surface area (Å²) in [7, 11) is 0. The van der Waals surface area contributed by atoms with Crippen LogP contribution in [0, 0.1) is 11.8 Å². The number of halogens is 1. The Balaban J connectivity index is 4.49. The number of hydrogen-bond donors (Lipinski definition) is 0. The van der Waals surface area contributed by atoms with Crippen LogP contribution in [0.4, 0.5) is 4.39 Å². The van der Waals surface area contributed by atoms with Crippen LogP contribution in [-0.4, -0.2) is 5.67 Å². The fraction of sp³-hybridized carbons (Fsp3) is 0.556. The molecular weight excluding hydrogens is 127 g/mol. The minimum Gasteiger partial charge on any atom is -0.225 e. The highest BCUT2D eigenvalue weighted by Gasteiger charge is 2.24. The maximum Gasteiger partial charge on any atom is 0.191 e. The first-order valence-corrected chi connectivity index (χ1v) is 3.35. The van der Waals surface area contributed by atoms with Gasteiger partial charge in [0.25, 0.3) is 0 Å². The molecule has 0 N–H and O–H groups in total. The monoisotopic (exact) mass is 140 g/mol. The molecule has 0 aromatic carbocycles. The van der Waals surface area contributed by atoms with Crippen molar-refractivity contribution >= 4 is 0 Å². The fourth-order valence-electron chi connectivity index (χ4n) is 0.695. The predicted molar refractivity (Wildman–Crippen MR) is 42.4 cm³/mol. The van der Waals surface area contributed by atoms with E-state index in [1.54, 1.807) is 20.8 Å². The molecule has 0 saturated carbocycles. The molecule has 0 radical (unpaired) electrons. The van der Waals surface area contributed by atoms with Crippen LogP contribution in [0.5, 0.6) is 0 Å². The van der Waals surface area contributed by atoms with Crippen molar-refractivity contribution in [3.05, 3.63) is 12.2 Å². The number of rotatable bonds is 2. The van der Waals surface area contributed by atoms with Gasteiger partial charge in [-0.2, -0.15) is 0 Å².